The lowest BCUT2D eigenvalue weighted by Gasteiger charge is -2.32. The quantitative estimate of drug-likeness (QED) is 0.403. The lowest BCUT2D eigenvalue weighted by atomic mass is 10.2. The topological polar surface area (TPSA) is 51.0 Å². The van der Waals surface area contributed by atoms with Crippen LogP contribution in [0.2, 0.25) is 5.02 Å². The zero-order valence-electron chi connectivity index (χ0n) is 18.6. The molecule has 0 N–H and O–H groups in total. The van der Waals surface area contributed by atoms with Gasteiger partial charge in [-0.05, 0) is 52.3 Å². The molecule has 0 aliphatic rings. The van der Waals surface area contributed by atoms with Crippen molar-refractivity contribution < 1.29 is 4.79 Å². The minimum Gasteiger partial charge on any atom is -0.337 e. The molecule has 0 radical (unpaired) electrons. The molecule has 3 aromatic rings. The number of rotatable bonds is 8. The predicted molar refractivity (Wildman–Crippen MR) is 128 cm³/mol. The molecule has 0 saturated carbocycles. The van der Waals surface area contributed by atoms with Crippen LogP contribution in [0.25, 0.3) is 11.4 Å². The summed E-state index contributed by atoms with van der Waals surface area (Å²) in [6.45, 7) is 10.7. The van der Waals surface area contributed by atoms with Crippen LogP contribution >= 0.6 is 23.4 Å². The molecule has 7 heteroatoms. The Bertz CT molecular complexity index is 1010. The van der Waals surface area contributed by atoms with Gasteiger partial charge in [0.1, 0.15) is 0 Å². The van der Waals surface area contributed by atoms with Crippen molar-refractivity contribution in [3.63, 3.8) is 0 Å². The number of carbonyl (C=O) groups is 1. The van der Waals surface area contributed by atoms with Crippen LogP contribution in [0.15, 0.2) is 59.8 Å². The number of amides is 1. The highest BCUT2D eigenvalue weighted by Crippen LogP contribution is 2.32. The number of aromatic nitrogens is 3. The number of carbonyl (C=O) groups excluding carboxylic acids is 1. The first-order chi connectivity index (χ1) is 14.8. The van der Waals surface area contributed by atoms with Crippen LogP contribution in [0.1, 0.15) is 40.2 Å². The molecule has 0 aliphatic heterocycles. The second-order valence-electron chi connectivity index (χ2n) is 8.05. The molecule has 1 atom stereocenters. The molecule has 5 nitrogen and oxygen atoms in total. The van der Waals surface area contributed by atoms with Crippen LogP contribution in [0.5, 0.6) is 0 Å². The minimum atomic E-state index is -0.289. The third-order valence-electron chi connectivity index (χ3n) is 5.01. The molecule has 3 rings (SSSR count). The molecule has 1 aromatic heterocycles. The molecule has 1 heterocycles. The van der Waals surface area contributed by atoms with E-state index in [2.05, 4.69) is 22.3 Å². The van der Waals surface area contributed by atoms with Gasteiger partial charge >= 0.3 is 0 Å². The normalized spacial score (nSPS) is 12.4. The summed E-state index contributed by atoms with van der Waals surface area (Å²) in [5, 5.41) is 9.93. The summed E-state index contributed by atoms with van der Waals surface area (Å²) in [7, 11) is 0. The first-order valence-electron chi connectivity index (χ1n) is 10.5. The van der Waals surface area contributed by atoms with E-state index in [-0.39, 0.29) is 23.2 Å². The number of nitrogens with zero attached hydrogens (tertiary/aromatic N) is 4. The van der Waals surface area contributed by atoms with E-state index in [1.807, 2.05) is 86.6 Å². The largest absolute Gasteiger partial charge is 0.337 e. The minimum absolute atomic E-state index is 0.101. The van der Waals surface area contributed by atoms with Gasteiger partial charge in [0.2, 0.25) is 5.91 Å². The van der Waals surface area contributed by atoms with Gasteiger partial charge in [-0.15, -0.1) is 10.2 Å². The highest BCUT2D eigenvalue weighted by Gasteiger charge is 2.28. The lowest BCUT2D eigenvalue weighted by molar-refractivity contribution is -0.133. The zero-order chi connectivity index (χ0) is 22.5. The van der Waals surface area contributed by atoms with Crippen molar-refractivity contribution in [1.82, 2.24) is 19.7 Å². The van der Waals surface area contributed by atoms with Gasteiger partial charge in [-0.1, -0.05) is 65.8 Å². The average molecular weight is 457 g/mol. The van der Waals surface area contributed by atoms with E-state index in [4.69, 9.17) is 11.6 Å². The van der Waals surface area contributed by atoms with Gasteiger partial charge in [-0.2, -0.15) is 0 Å². The molecule has 0 spiro atoms. The Hall–Kier alpha value is -2.31. The van der Waals surface area contributed by atoms with Gasteiger partial charge in [0.25, 0.3) is 0 Å². The van der Waals surface area contributed by atoms with Crippen LogP contribution in [0.4, 0.5) is 0 Å². The van der Waals surface area contributed by atoms with Crippen molar-refractivity contribution in [2.24, 2.45) is 0 Å². The maximum absolute atomic E-state index is 13.2. The molecule has 1 unspecified atom stereocenters. The Balaban J connectivity index is 1.96. The molecule has 0 bridgehead atoms. The summed E-state index contributed by atoms with van der Waals surface area (Å²) in [5.41, 5.74) is 1.95. The van der Waals surface area contributed by atoms with E-state index in [9.17, 15) is 4.79 Å². The third kappa shape index (κ3) is 5.49. The second-order valence-corrected chi connectivity index (χ2v) is 9.77. The van der Waals surface area contributed by atoms with Crippen molar-refractivity contribution >= 4 is 29.3 Å². The second kappa shape index (κ2) is 10.3. The maximum atomic E-state index is 13.2. The first-order valence-corrected chi connectivity index (χ1v) is 11.8. The lowest BCUT2D eigenvalue weighted by Crippen LogP contribution is -2.45. The number of hydrogen-bond donors (Lipinski definition) is 0. The Morgan fingerprint density at radius 2 is 1.58 bits per heavy atom. The van der Waals surface area contributed by atoms with Gasteiger partial charge in [-0.3, -0.25) is 9.36 Å². The molecule has 31 heavy (non-hydrogen) atoms. The number of hydrogen-bond acceptors (Lipinski definition) is 4. The number of halogens is 1. The zero-order valence-corrected chi connectivity index (χ0v) is 20.2. The van der Waals surface area contributed by atoms with Crippen LogP contribution in [0.3, 0.4) is 0 Å². The highest BCUT2D eigenvalue weighted by molar-refractivity contribution is 8.00. The average Bonchev–Trinajstić information content (AvgIpc) is 3.10. The van der Waals surface area contributed by atoms with Crippen molar-refractivity contribution in [2.45, 2.75) is 63.7 Å². The predicted octanol–water partition coefficient (Wildman–Crippen LogP) is 5.77. The van der Waals surface area contributed by atoms with Gasteiger partial charge in [0, 0.05) is 17.6 Å². The van der Waals surface area contributed by atoms with E-state index in [0.29, 0.717) is 22.5 Å². The Morgan fingerprint density at radius 3 is 2.19 bits per heavy atom. The molecule has 164 valence electrons. The monoisotopic (exact) mass is 456 g/mol. The molecule has 0 fully saturated rings. The van der Waals surface area contributed by atoms with Crippen LogP contribution in [0, 0.1) is 0 Å². The summed E-state index contributed by atoms with van der Waals surface area (Å²) in [4.78, 5) is 15.1. The fourth-order valence-corrected chi connectivity index (χ4v) is 4.78. The van der Waals surface area contributed by atoms with Crippen LogP contribution in [-0.4, -0.2) is 42.9 Å². The van der Waals surface area contributed by atoms with Gasteiger partial charge < -0.3 is 4.90 Å². The fourth-order valence-electron chi connectivity index (χ4n) is 3.65. The van der Waals surface area contributed by atoms with Crippen molar-refractivity contribution in [3.8, 4) is 11.4 Å². The van der Waals surface area contributed by atoms with Crippen molar-refractivity contribution in [3.05, 3.63) is 65.2 Å². The number of thioether (sulfide) groups is 1. The molecule has 0 aliphatic carbocycles. The molecule has 1 amide bonds. The van der Waals surface area contributed by atoms with E-state index < -0.39 is 0 Å². The van der Waals surface area contributed by atoms with E-state index in [0.717, 1.165) is 11.1 Å². The van der Waals surface area contributed by atoms with Crippen molar-refractivity contribution in [2.75, 3.05) is 0 Å². The fraction of sp³-hybridized carbons (Fsp3) is 0.375. The van der Waals surface area contributed by atoms with Gasteiger partial charge in [0.15, 0.2) is 11.0 Å². The molecular formula is C24H29ClN4OS. The van der Waals surface area contributed by atoms with Crippen LogP contribution in [-0.2, 0) is 11.3 Å². The van der Waals surface area contributed by atoms with E-state index >= 15 is 0 Å². The van der Waals surface area contributed by atoms with Gasteiger partial charge in [0.05, 0.1) is 16.8 Å². The van der Waals surface area contributed by atoms with Crippen LogP contribution < -0.4 is 0 Å². The maximum Gasteiger partial charge on any atom is 0.236 e. The van der Waals surface area contributed by atoms with Crippen molar-refractivity contribution in [1.29, 1.82) is 0 Å². The van der Waals surface area contributed by atoms with E-state index in [1.54, 1.807) is 0 Å². The Labute approximate surface area is 193 Å². The SMILES string of the molecule is CC(Sc1nnc(-c2ccccc2Cl)n1Cc1ccccc1)C(=O)N(C(C)C)C(C)C. The summed E-state index contributed by atoms with van der Waals surface area (Å²) in [6, 6.07) is 18.0. The first kappa shape index (κ1) is 23.4. The van der Waals surface area contributed by atoms with E-state index in [1.165, 1.54) is 11.8 Å². The number of benzene rings is 2. The molecular weight excluding hydrogens is 428 g/mol. The smallest absolute Gasteiger partial charge is 0.236 e. The summed E-state index contributed by atoms with van der Waals surface area (Å²) in [6.07, 6.45) is 0. The summed E-state index contributed by atoms with van der Waals surface area (Å²) in [5.74, 6) is 0.796. The standard InChI is InChI=1S/C24H29ClN4OS/c1-16(2)29(17(3)4)23(30)18(5)31-24-27-26-22(20-13-9-10-14-21(20)25)28(24)15-19-11-7-6-8-12-19/h6-14,16-18H,15H2,1-5H3. The highest BCUT2D eigenvalue weighted by atomic mass is 35.5. The third-order valence-corrected chi connectivity index (χ3v) is 6.41. The molecule has 0 saturated heterocycles. The molecule has 2 aromatic carbocycles. The summed E-state index contributed by atoms with van der Waals surface area (Å²) < 4.78 is 2.04. The Morgan fingerprint density at radius 1 is 0.968 bits per heavy atom. The Kier molecular flexibility index (Phi) is 7.79. The van der Waals surface area contributed by atoms with Gasteiger partial charge in [-0.25, -0.2) is 0 Å². The summed E-state index contributed by atoms with van der Waals surface area (Å²) >= 11 is 7.90.